The molecule has 0 aliphatic heterocycles. The van der Waals surface area contributed by atoms with E-state index in [0.717, 1.165) is 5.56 Å². The van der Waals surface area contributed by atoms with Crippen molar-refractivity contribution in [2.45, 2.75) is 13.5 Å². The molecule has 0 unspecified atom stereocenters. The van der Waals surface area contributed by atoms with Crippen molar-refractivity contribution in [1.82, 2.24) is 19.6 Å². The van der Waals surface area contributed by atoms with Crippen LogP contribution in [0, 0.1) is 6.92 Å². The number of carboxylic acid groups (broad SMARTS) is 1. The number of nitrogens with zero attached hydrogens (tertiary/aromatic N) is 4. The molecule has 0 aromatic carbocycles. The normalized spacial score (nSPS) is 10.6. The van der Waals surface area contributed by atoms with Crippen LogP contribution in [0.2, 0.25) is 0 Å². The first-order valence-electron chi connectivity index (χ1n) is 4.81. The molecule has 2 aromatic rings. The molecule has 6 nitrogen and oxygen atoms in total. The van der Waals surface area contributed by atoms with E-state index in [1.807, 2.05) is 13.1 Å². The Bertz CT molecular complexity index is 527. The van der Waals surface area contributed by atoms with Crippen molar-refractivity contribution < 1.29 is 9.90 Å². The Balaban J connectivity index is 2.33. The molecule has 0 radical (unpaired) electrons. The lowest BCUT2D eigenvalue weighted by molar-refractivity contribution is 0.0695. The van der Waals surface area contributed by atoms with Gasteiger partial charge in [-0.15, -0.1) is 0 Å². The fourth-order valence-electron chi connectivity index (χ4n) is 1.54. The van der Waals surface area contributed by atoms with Crippen molar-refractivity contribution in [2.75, 3.05) is 0 Å². The summed E-state index contributed by atoms with van der Waals surface area (Å²) in [6.07, 6.45) is 4.95. The van der Waals surface area contributed by atoms with E-state index >= 15 is 0 Å². The first kappa shape index (κ1) is 10.4. The molecule has 0 saturated heterocycles. The van der Waals surface area contributed by atoms with Gasteiger partial charge in [0.2, 0.25) is 0 Å². The number of rotatable bonds is 3. The highest BCUT2D eigenvalue weighted by molar-refractivity contribution is 5.88. The van der Waals surface area contributed by atoms with Crippen LogP contribution in [0.3, 0.4) is 0 Å². The van der Waals surface area contributed by atoms with Crippen molar-refractivity contribution in [3.05, 3.63) is 35.4 Å². The highest BCUT2D eigenvalue weighted by atomic mass is 16.4. The second kappa shape index (κ2) is 3.80. The monoisotopic (exact) mass is 220 g/mol. The zero-order chi connectivity index (χ0) is 11.7. The summed E-state index contributed by atoms with van der Waals surface area (Å²) in [7, 11) is 1.72. The molecule has 6 heteroatoms. The van der Waals surface area contributed by atoms with Crippen LogP contribution in [0.1, 0.15) is 21.6 Å². The van der Waals surface area contributed by atoms with Gasteiger partial charge in [-0.25, -0.2) is 4.79 Å². The van der Waals surface area contributed by atoms with Gasteiger partial charge < -0.3 is 5.11 Å². The van der Waals surface area contributed by atoms with Gasteiger partial charge in [-0.2, -0.15) is 10.2 Å². The minimum atomic E-state index is -0.966. The number of aromatic nitrogens is 4. The van der Waals surface area contributed by atoms with Gasteiger partial charge in [-0.3, -0.25) is 9.36 Å². The third-order valence-electron chi connectivity index (χ3n) is 2.37. The van der Waals surface area contributed by atoms with E-state index < -0.39 is 5.97 Å². The van der Waals surface area contributed by atoms with E-state index in [1.54, 1.807) is 22.6 Å². The number of carboxylic acids is 1. The van der Waals surface area contributed by atoms with Crippen molar-refractivity contribution >= 4 is 5.97 Å². The predicted octanol–water partition coefficient (Wildman–Crippen LogP) is 0.672. The molecule has 84 valence electrons. The number of carbonyl (C=O) groups is 1. The Labute approximate surface area is 92.1 Å². The predicted molar refractivity (Wildman–Crippen MR) is 56.2 cm³/mol. The van der Waals surface area contributed by atoms with Gasteiger partial charge in [-0.1, -0.05) is 0 Å². The second-order valence-electron chi connectivity index (χ2n) is 3.65. The summed E-state index contributed by atoms with van der Waals surface area (Å²) in [6, 6.07) is 0. The van der Waals surface area contributed by atoms with Crippen molar-refractivity contribution in [3.63, 3.8) is 0 Å². The van der Waals surface area contributed by atoms with E-state index in [9.17, 15) is 4.79 Å². The van der Waals surface area contributed by atoms with E-state index in [-0.39, 0.29) is 5.56 Å². The van der Waals surface area contributed by atoms with Crippen LogP contribution in [-0.4, -0.2) is 30.6 Å². The molecule has 1 N–H and O–H groups in total. The van der Waals surface area contributed by atoms with E-state index in [4.69, 9.17) is 5.11 Å². The van der Waals surface area contributed by atoms with Gasteiger partial charge in [0.15, 0.2) is 0 Å². The van der Waals surface area contributed by atoms with Crippen molar-refractivity contribution in [2.24, 2.45) is 7.05 Å². The van der Waals surface area contributed by atoms with E-state index in [0.29, 0.717) is 12.2 Å². The summed E-state index contributed by atoms with van der Waals surface area (Å²) in [5.41, 5.74) is 1.89. The van der Waals surface area contributed by atoms with Gasteiger partial charge in [0, 0.05) is 13.2 Å². The second-order valence-corrected chi connectivity index (χ2v) is 3.65. The van der Waals surface area contributed by atoms with Crippen LogP contribution < -0.4 is 0 Å². The Morgan fingerprint density at radius 2 is 2.19 bits per heavy atom. The molecule has 0 atom stereocenters. The topological polar surface area (TPSA) is 72.9 Å². The van der Waals surface area contributed by atoms with Crippen LogP contribution in [0.4, 0.5) is 0 Å². The smallest absolute Gasteiger partial charge is 0.339 e. The summed E-state index contributed by atoms with van der Waals surface area (Å²) >= 11 is 0. The fourth-order valence-corrected chi connectivity index (χ4v) is 1.54. The standard InChI is InChI=1S/C10H12N4O2/c1-7-3-12-14(5-7)6-9-8(10(15)16)4-11-13(9)2/h3-5H,6H2,1-2H3,(H,15,16). The average Bonchev–Trinajstić information content (AvgIpc) is 2.76. The molecule has 0 saturated carbocycles. The number of aromatic carboxylic acids is 1. The van der Waals surface area contributed by atoms with Gasteiger partial charge >= 0.3 is 5.97 Å². The van der Waals surface area contributed by atoms with E-state index in [2.05, 4.69) is 10.2 Å². The molecule has 0 spiro atoms. The Hall–Kier alpha value is -2.11. The SMILES string of the molecule is Cc1cnn(Cc2c(C(=O)O)cnn2C)c1. The highest BCUT2D eigenvalue weighted by Gasteiger charge is 2.15. The maximum absolute atomic E-state index is 10.9. The molecule has 0 aliphatic rings. The van der Waals surface area contributed by atoms with Gasteiger partial charge in [0.05, 0.1) is 24.6 Å². The molecular formula is C10H12N4O2. The zero-order valence-electron chi connectivity index (χ0n) is 9.08. The largest absolute Gasteiger partial charge is 0.478 e. The van der Waals surface area contributed by atoms with Crippen LogP contribution in [0.25, 0.3) is 0 Å². The Kier molecular flexibility index (Phi) is 2.47. The van der Waals surface area contributed by atoms with Gasteiger partial charge in [-0.05, 0) is 12.5 Å². The maximum atomic E-state index is 10.9. The van der Waals surface area contributed by atoms with Gasteiger partial charge in [0.25, 0.3) is 0 Å². The van der Waals surface area contributed by atoms with E-state index in [1.165, 1.54) is 6.20 Å². The molecule has 0 amide bonds. The van der Waals surface area contributed by atoms with Crippen LogP contribution in [0.15, 0.2) is 18.6 Å². The fraction of sp³-hybridized carbons (Fsp3) is 0.300. The van der Waals surface area contributed by atoms with Gasteiger partial charge in [0.1, 0.15) is 5.56 Å². The maximum Gasteiger partial charge on any atom is 0.339 e. The van der Waals surface area contributed by atoms with Crippen LogP contribution in [0.5, 0.6) is 0 Å². The third kappa shape index (κ3) is 1.81. The molecule has 2 aromatic heterocycles. The molecule has 0 bridgehead atoms. The lowest BCUT2D eigenvalue weighted by atomic mass is 10.2. The summed E-state index contributed by atoms with van der Waals surface area (Å²) in [6.45, 7) is 2.34. The molecule has 16 heavy (non-hydrogen) atoms. The number of hydrogen-bond donors (Lipinski definition) is 1. The summed E-state index contributed by atoms with van der Waals surface area (Å²) < 4.78 is 3.25. The first-order chi connectivity index (χ1) is 7.58. The summed E-state index contributed by atoms with van der Waals surface area (Å²) in [5, 5.41) is 17.0. The number of aryl methyl sites for hydroxylation is 2. The molecule has 2 rings (SSSR count). The highest BCUT2D eigenvalue weighted by Crippen LogP contribution is 2.09. The minimum absolute atomic E-state index is 0.218. The molecule has 2 heterocycles. The van der Waals surface area contributed by atoms with Crippen molar-refractivity contribution in [1.29, 1.82) is 0 Å². The Morgan fingerprint density at radius 1 is 1.44 bits per heavy atom. The Morgan fingerprint density at radius 3 is 2.75 bits per heavy atom. The zero-order valence-corrected chi connectivity index (χ0v) is 9.08. The van der Waals surface area contributed by atoms with Crippen molar-refractivity contribution in [3.8, 4) is 0 Å². The first-order valence-corrected chi connectivity index (χ1v) is 4.81. The summed E-state index contributed by atoms with van der Waals surface area (Å²) in [5.74, 6) is -0.966. The average molecular weight is 220 g/mol. The number of hydrogen-bond acceptors (Lipinski definition) is 3. The molecule has 0 fully saturated rings. The lowest BCUT2D eigenvalue weighted by Crippen LogP contribution is -2.10. The quantitative estimate of drug-likeness (QED) is 0.825. The van der Waals surface area contributed by atoms with Crippen LogP contribution in [-0.2, 0) is 13.6 Å². The summed E-state index contributed by atoms with van der Waals surface area (Å²) in [4.78, 5) is 10.9. The molecular weight excluding hydrogens is 208 g/mol. The minimum Gasteiger partial charge on any atom is -0.478 e. The third-order valence-corrected chi connectivity index (χ3v) is 2.37. The molecule has 0 aliphatic carbocycles. The van der Waals surface area contributed by atoms with Crippen LogP contribution >= 0.6 is 0 Å². The lowest BCUT2D eigenvalue weighted by Gasteiger charge is -2.03.